The van der Waals surface area contributed by atoms with Gasteiger partial charge in [-0.1, -0.05) is 30.7 Å². The van der Waals surface area contributed by atoms with Gasteiger partial charge in [0, 0.05) is 17.5 Å². The normalized spacial score (nSPS) is 11.7. The Hall–Kier alpha value is -3.63. The molecule has 36 heavy (non-hydrogen) atoms. The molecule has 180 valence electrons. The summed E-state index contributed by atoms with van der Waals surface area (Å²) in [4.78, 5) is 9.69. The lowest BCUT2D eigenvalue weighted by molar-refractivity contribution is 0.746. The zero-order valence-corrected chi connectivity index (χ0v) is 22.1. The fourth-order valence-corrected chi connectivity index (χ4v) is 5.46. The lowest BCUT2D eigenvalue weighted by Crippen LogP contribution is -2.05. The van der Waals surface area contributed by atoms with Crippen molar-refractivity contribution in [2.24, 2.45) is 0 Å². The number of hydrogen-bond donors (Lipinski definition) is 1. The predicted octanol–water partition coefficient (Wildman–Crippen LogP) is 5.59. The Labute approximate surface area is 219 Å². The summed E-state index contributed by atoms with van der Waals surface area (Å²) in [5.74, 6) is 1.49. The number of hydrogen-bond acceptors (Lipinski definition) is 6. The topological polar surface area (TPSA) is 103 Å². The number of nitrogens with zero attached hydrogens (tertiary/aromatic N) is 8. The first-order valence-electron chi connectivity index (χ1n) is 11.5. The second-order valence-electron chi connectivity index (χ2n) is 8.66. The number of imidazole rings is 1. The molecule has 0 radical (unpaired) electrons. The predicted molar refractivity (Wildman–Crippen MR) is 142 cm³/mol. The monoisotopic (exact) mass is 561 g/mol. The number of H-pyrrole nitrogens is 1. The molecule has 6 aromatic rings. The number of tetrazole rings is 1. The van der Waals surface area contributed by atoms with E-state index in [0.717, 1.165) is 61.4 Å². The molecule has 11 heteroatoms. The first-order valence-corrected chi connectivity index (χ1v) is 12.6. The van der Waals surface area contributed by atoms with E-state index in [9.17, 15) is 0 Å². The standard InChI is InChI=1S/C25H21BrClN9/c1-4-20-29-22-13(2)10-14(3)28-25(22)35(20)12-15-8-9-18-16(11-15)23(26)36(32-18)19-7-5-6-17(27)21(19)24-30-33-34-31-24/h5-11H,4,12H2,1-3H3,(H,30,31,33,34). The quantitative estimate of drug-likeness (QED) is 0.294. The highest BCUT2D eigenvalue weighted by Gasteiger charge is 2.20. The van der Waals surface area contributed by atoms with E-state index in [1.807, 2.05) is 29.8 Å². The van der Waals surface area contributed by atoms with Crippen molar-refractivity contribution in [3.8, 4) is 17.1 Å². The summed E-state index contributed by atoms with van der Waals surface area (Å²) in [6.45, 7) is 6.89. The van der Waals surface area contributed by atoms with Gasteiger partial charge in [-0.3, -0.25) is 0 Å². The Morgan fingerprint density at radius 3 is 2.72 bits per heavy atom. The fourth-order valence-electron chi connectivity index (χ4n) is 4.62. The third-order valence-electron chi connectivity index (χ3n) is 6.24. The fraction of sp³-hybridized carbons (Fsp3) is 0.200. The lowest BCUT2D eigenvalue weighted by atomic mass is 10.1. The van der Waals surface area contributed by atoms with E-state index in [1.54, 1.807) is 6.07 Å². The van der Waals surface area contributed by atoms with Crippen LogP contribution in [0.5, 0.6) is 0 Å². The van der Waals surface area contributed by atoms with Crippen molar-refractivity contribution in [2.75, 3.05) is 0 Å². The first kappa shape index (κ1) is 22.8. The number of aromatic amines is 1. The molecule has 0 fully saturated rings. The molecule has 2 aromatic carbocycles. The number of aryl methyl sites for hydroxylation is 3. The maximum atomic E-state index is 6.54. The van der Waals surface area contributed by atoms with Gasteiger partial charge in [0.1, 0.15) is 15.9 Å². The molecule has 0 aliphatic heterocycles. The smallest absolute Gasteiger partial charge is 0.183 e. The molecule has 6 rings (SSSR count). The molecule has 0 saturated carbocycles. The molecule has 0 unspecified atom stereocenters. The van der Waals surface area contributed by atoms with E-state index in [-0.39, 0.29) is 0 Å². The average Bonchev–Trinajstić information content (AvgIpc) is 3.58. The molecule has 0 amide bonds. The van der Waals surface area contributed by atoms with Gasteiger partial charge in [0.25, 0.3) is 0 Å². The van der Waals surface area contributed by atoms with E-state index >= 15 is 0 Å². The minimum atomic E-state index is 0.472. The van der Waals surface area contributed by atoms with Crippen LogP contribution in [-0.4, -0.2) is 44.9 Å². The van der Waals surface area contributed by atoms with E-state index in [4.69, 9.17) is 26.7 Å². The second-order valence-corrected chi connectivity index (χ2v) is 9.82. The van der Waals surface area contributed by atoms with E-state index in [2.05, 4.69) is 73.2 Å². The molecule has 0 bridgehead atoms. The first-order chi connectivity index (χ1) is 17.4. The lowest BCUT2D eigenvalue weighted by Gasteiger charge is -2.10. The summed E-state index contributed by atoms with van der Waals surface area (Å²) in [5.41, 5.74) is 7.42. The third-order valence-corrected chi connectivity index (χ3v) is 7.31. The van der Waals surface area contributed by atoms with Gasteiger partial charge < -0.3 is 4.57 Å². The minimum Gasteiger partial charge on any atom is -0.308 e. The highest BCUT2D eigenvalue weighted by atomic mass is 79.9. The SMILES string of the molecule is CCc1nc2c(C)cc(C)nc2n1Cc1ccc2nn(-c3cccc(Cl)c3-c3nnn[nH]3)c(Br)c2c1. The largest absolute Gasteiger partial charge is 0.308 e. The molecule has 4 heterocycles. The zero-order valence-electron chi connectivity index (χ0n) is 19.8. The van der Waals surface area contributed by atoms with Crippen LogP contribution in [0.25, 0.3) is 39.1 Å². The molecule has 9 nitrogen and oxygen atoms in total. The van der Waals surface area contributed by atoms with Crippen LogP contribution in [0.2, 0.25) is 5.02 Å². The van der Waals surface area contributed by atoms with Crippen LogP contribution in [0.3, 0.4) is 0 Å². The molecule has 1 N–H and O–H groups in total. The summed E-state index contributed by atoms with van der Waals surface area (Å²) in [6, 6.07) is 14.0. The number of pyridine rings is 1. The Balaban J connectivity index is 1.46. The summed E-state index contributed by atoms with van der Waals surface area (Å²) in [7, 11) is 0. The maximum absolute atomic E-state index is 6.54. The summed E-state index contributed by atoms with van der Waals surface area (Å²) >= 11 is 10.3. The number of rotatable bonds is 5. The molecule has 0 atom stereocenters. The third kappa shape index (κ3) is 3.68. The Morgan fingerprint density at radius 1 is 1.08 bits per heavy atom. The van der Waals surface area contributed by atoms with Crippen LogP contribution in [0.1, 0.15) is 29.6 Å². The van der Waals surface area contributed by atoms with Crippen LogP contribution in [-0.2, 0) is 13.0 Å². The Bertz CT molecular complexity index is 1750. The van der Waals surface area contributed by atoms with Crippen molar-refractivity contribution in [3.63, 3.8) is 0 Å². The van der Waals surface area contributed by atoms with Gasteiger partial charge in [0.2, 0.25) is 0 Å². The van der Waals surface area contributed by atoms with Crippen molar-refractivity contribution in [3.05, 3.63) is 74.7 Å². The summed E-state index contributed by atoms with van der Waals surface area (Å²) in [5, 5.41) is 20.6. The van der Waals surface area contributed by atoms with E-state index in [0.29, 0.717) is 23.0 Å². The van der Waals surface area contributed by atoms with Crippen molar-refractivity contribution in [1.29, 1.82) is 0 Å². The number of nitrogens with one attached hydrogen (secondary N) is 1. The van der Waals surface area contributed by atoms with E-state index in [1.165, 1.54) is 0 Å². The number of halogens is 2. The van der Waals surface area contributed by atoms with E-state index < -0.39 is 0 Å². The molecule has 0 aliphatic rings. The molecule has 0 saturated heterocycles. The summed E-state index contributed by atoms with van der Waals surface area (Å²) < 4.78 is 4.84. The van der Waals surface area contributed by atoms with Crippen molar-refractivity contribution in [1.82, 2.24) is 44.9 Å². The van der Waals surface area contributed by atoms with Gasteiger partial charge in [0.05, 0.1) is 28.3 Å². The van der Waals surface area contributed by atoms with Gasteiger partial charge in [0.15, 0.2) is 11.5 Å². The van der Waals surface area contributed by atoms with Gasteiger partial charge in [-0.2, -0.15) is 5.10 Å². The van der Waals surface area contributed by atoms with Crippen LogP contribution in [0.15, 0.2) is 47.1 Å². The van der Waals surface area contributed by atoms with Gasteiger partial charge in [-0.15, -0.1) is 5.10 Å². The average molecular weight is 563 g/mol. The molecule has 0 spiro atoms. The Kier molecular flexibility index (Phi) is 5.57. The molecular formula is C25H21BrClN9. The Morgan fingerprint density at radius 2 is 1.94 bits per heavy atom. The number of benzene rings is 2. The number of aromatic nitrogens is 9. The van der Waals surface area contributed by atoms with Crippen molar-refractivity contribution >= 4 is 49.6 Å². The van der Waals surface area contributed by atoms with Gasteiger partial charge >= 0.3 is 0 Å². The highest BCUT2D eigenvalue weighted by molar-refractivity contribution is 9.10. The zero-order chi connectivity index (χ0) is 25.0. The number of fused-ring (bicyclic) bond motifs is 2. The van der Waals surface area contributed by atoms with Gasteiger partial charge in [-0.25, -0.2) is 19.7 Å². The molecule has 0 aliphatic carbocycles. The van der Waals surface area contributed by atoms with Crippen LogP contribution >= 0.6 is 27.5 Å². The second kappa shape index (κ2) is 8.79. The van der Waals surface area contributed by atoms with Crippen molar-refractivity contribution < 1.29 is 0 Å². The molecule has 4 aromatic heterocycles. The maximum Gasteiger partial charge on any atom is 0.183 e. The van der Waals surface area contributed by atoms with Crippen LogP contribution in [0.4, 0.5) is 0 Å². The van der Waals surface area contributed by atoms with Crippen LogP contribution < -0.4 is 0 Å². The summed E-state index contributed by atoms with van der Waals surface area (Å²) in [6.07, 6.45) is 0.826. The molecular weight excluding hydrogens is 542 g/mol. The highest BCUT2D eigenvalue weighted by Crippen LogP contribution is 2.35. The van der Waals surface area contributed by atoms with Crippen LogP contribution in [0, 0.1) is 13.8 Å². The van der Waals surface area contributed by atoms with Gasteiger partial charge in [-0.05, 0) is 81.7 Å². The minimum absolute atomic E-state index is 0.472. The van der Waals surface area contributed by atoms with Crippen molar-refractivity contribution in [2.45, 2.75) is 33.7 Å².